The number of nitrogens with zero attached hydrogens (tertiary/aromatic N) is 4. The number of nitrogens with one attached hydrogen (secondary N) is 1. The summed E-state index contributed by atoms with van der Waals surface area (Å²) in [7, 11) is 0. The van der Waals surface area contributed by atoms with Crippen LogP contribution in [0.3, 0.4) is 0 Å². The van der Waals surface area contributed by atoms with E-state index < -0.39 is 0 Å². The van der Waals surface area contributed by atoms with Gasteiger partial charge in [-0.05, 0) is 53.6 Å². The third kappa shape index (κ3) is 5.55. The van der Waals surface area contributed by atoms with Gasteiger partial charge in [0.2, 0.25) is 11.1 Å². The normalized spacial score (nSPS) is 10.6. The summed E-state index contributed by atoms with van der Waals surface area (Å²) in [4.78, 5) is 12.1. The number of rotatable bonds is 9. The van der Waals surface area contributed by atoms with Crippen molar-refractivity contribution < 1.29 is 9.53 Å². The van der Waals surface area contributed by atoms with Crippen molar-refractivity contribution in [1.29, 1.82) is 0 Å². The number of carbonyl (C=O) groups is 1. The van der Waals surface area contributed by atoms with Crippen molar-refractivity contribution in [1.82, 2.24) is 25.5 Å². The largest absolute Gasteiger partial charge is 0.494 e. The van der Waals surface area contributed by atoms with Gasteiger partial charge >= 0.3 is 0 Å². The Kier molecular flexibility index (Phi) is 6.81. The molecule has 0 bridgehead atoms. The fourth-order valence-electron chi connectivity index (χ4n) is 2.45. The maximum Gasteiger partial charge on any atom is 0.230 e. The van der Waals surface area contributed by atoms with Crippen molar-refractivity contribution >= 4 is 17.7 Å². The van der Waals surface area contributed by atoms with Crippen LogP contribution in [0, 0.1) is 0 Å². The predicted octanol–water partition coefficient (Wildman–Crippen LogP) is 2.51. The number of thioether (sulfide) groups is 1. The second kappa shape index (κ2) is 9.72. The first-order valence-electron chi connectivity index (χ1n) is 8.71. The number of aromatic nitrogens is 4. The van der Waals surface area contributed by atoms with E-state index in [-0.39, 0.29) is 11.7 Å². The van der Waals surface area contributed by atoms with Gasteiger partial charge in [0.15, 0.2) is 0 Å². The third-order valence-corrected chi connectivity index (χ3v) is 4.66. The number of hydrogen-bond donors (Lipinski definition) is 1. The van der Waals surface area contributed by atoms with Gasteiger partial charge in [0.25, 0.3) is 0 Å². The summed E-state index contributed by atoms with van der Waals surface area (Å²) in [6, 6.07) is 17.6. The van der Waals surface area contributed by atoms with Crippen LogP contribution in [0.15, 0.2) is 59.8 Å². The molecule has 0 spiro atoms. The maximum absolute atomic E-state index is 12.1. The second-order valence-electron chi connectivity index (χ2n) is 5.67. The molecule has 0 fully saturated rings. The number of carbonyl (C=O) groups excluding carboxylic acids is 1. The van der Waals surface area contributed by atoms with Gasteiger partial charge in [-0.25, -0.2) is 0 Å². The fourth-order valence-corrected chi connectivity index (χ4v) is 3.17. The minimum Gasteiger partial charge on any atom is -0.494 e. The van der Waals surface area contributed by atoms with Crippen LogP contribution in [0.4, 0.5) is 0 Å². The molecular weight excluding hydrogens is 362 g/mol. The van der Waals surface area contributed by atoms with Gasteiger partial charge in [0, 0.05) is 6.54 Å². The van der Waals surface area contributed by atoms with Crippen LogP contribution in [-0.4, -0.2) is 45.0 Å². The summed E-state index contributed by atoms with van der Waals surface area (Å²) < 4.78 is 7.05. The standard InChI is InChI=1S/C19H21N5O2S/c1-2-26-17-10-8-16(9-11-17)24-19(21-22-23-24)27-14-18(25)20-13-12-15-6-4-3-5-7-15/h3-11H,2,12-14H2,1H3,(H,20,25). The van der Waals surface area contributed by atoms with E-state index in [9.17, 15) is 4.79 Å². The SMILES string of the molecule is CCOc1ccc(-n2nnnc2SCC(=O)NCCc2ccccc2)cc1. The molecule has 1 heterocycles. The molecule has 3 aromatic rings. The lowest BCUT2D eigenvalue weighted by atomic mass is 10.1. The average molecular weight is 383 g/mol. The molecule has 140 valence electrons. The number of hydrogen-bond acceptors (Lipinski definition) is 6. The molecule has 0 saturated heterocycles. The molecule has 2 aromatic carbocycles. The van der Waals surface area contributed by atoms with E-state index in [1.807, 2.05) is 61.5 Å². The molecule has 7 nitrogen and oxygen atoms in total. The molecule has 8 heteroatoms. The topological polar surface area (TPSA) is 81.9 Å². The van der Waals surface area contributed by atoms with Crippen molar-refractivity contribution in [2.75, 3.05) is 18.9 Å². The Bertz CT molecular complexity index is 852. The van der Waals surface area contributed by atoms with E-state index in [0.717, 1.165) is 17.9 Å². The smallest absolute Gasteiger partial charge is 0.230 e. The monoisotopic (exact) mass is 383 g/mol. The van der Waals surface area contributed by atoms with Gasteiger partial charge in [0.05, 0.1) is 18.0 Å². The first kappa shape index (κ1) is 18.9. The fraction of sp³-hybridized carbons (Fsp3) is 0.263. The highest BCUT2D eigenvalue weighted by Gasteiger charge is 2.11. The summed E-state index contributed by atoms with van der Waals surface area (Å²) in [6.45, 7) is 3.16. The summed E-state index contributed by atoms with van der Waals surface area (Å²) >= 11 is 1.30. The molecule has 1 amide bonds. The Balaban J connectivity index is 1.50. The number of benzene rings is 2. The van der Waals surface area contributed by atoms with Gasteiger partial charge in [-0.1, -0.05) is 42.1 Å². The van der Waals surface area contributed by atoms with Crippen LogP contribution in [0.1, 0.15) is 12.5 Å². The number of tetrazole rings is 1. The highest BCUT2D eigenvalue weighted by molar-refractivity contribution is 7.99. The van der Waals surface area contributed by atoms with Gasteiger partial charge in [-0.2, -0.15) is 4.68 Å². The minimum atomic E-state index is -0.0443. The van der Waals surface area contributed by atoms with E-state index in [1.54, 1.807) is 4.68 Å². The van der Waals surface area contributed by atoms with Crippen molar-refractivity contribution in [3.05, 3.63) is 60.2 Å². The van der Waals surface area contributed by atoms with Gasteiger partial charge in [-0.15, -0.1) is 5.10 Å². The molecule has 0 saturated carbocycles. The van der Waals surface area contributed by atoms with Crippen molar-refractivity contribution in [2.24, 2.45) is 0 Å². The predicted molar refractivity (Wildman–Crippen MR) is 104 cm³/mol. The molecule has 1 N–H and O–H groups in total. The first-order valence-corrected chi connectivity index (χ1v) is 9.70. The van der Waals surface area contributed by atoms with Crippen LogP contribution < -0.4 is 10.1 Å². The number of amides is 1. The quantitative estimate of drug-likeness (QED) is 0.572. The molecule has 27 heavy (non-hydrogen) atoms. The highest BCUT2D eigenvalue weighted by atomic mass is 32.2. The maximum atomic E-state index is 12.1. The lowest BCUT2D eigenvalue weighted by molar-refractivity contribution is -0.118. The van der Waals surface area contributed by atoms with Crippen molar-refractivity contribution in [3.63, 3.8) is 0 Å². The zero-order chi connectivity index (χ0) is 18.9. The van der Waals surface area contributed by atoms with Gasteiger partial charge in [-0.3, -0.25) is 4.79 Å². The Morgan fingerprint density at radius 3 is 2.67 bits per heavy atom. The molecule has 0 aliphatic heterocycles. The van der Waals surface area contributed by atoms with Crippen LogP contribution in [-0.2, 0) is 11.2 Å². The molecule has 0 atom stereocenters. The average Bonchev–Trinajstić information content (AvgIpc) is 3.17. The van der Waals surface area contributed by atoms with Crippen LogP contribution in [0.25, 0.3) is 5.69 Å². The van der Waals surface area contributed by atoms with E-state index >= 15 is 0 Å². The molecular formula is C19H21N5O2S. The highest BCUT2D eigenvalue weighted by Crippen LogP contribution is 2.20. The van der Waals surface area contributed by atoms with Crippen LogP contribution in [0.2, 0.25) is 0 Å². The Hall–Kier alpha value is -2.87. The van der Waals surface area contributed by atoms with E-state index in [0.29, 0.717) is 18.3 Å². The van der Waals surface area contributed by atoms with Gasteiger partial charge in [0.1, 0.15) is 5.75 Å². The minimum absolute atomic E-state index is 0.0443. The van der Waals surface area contributed by atoms with Gasteiger partial charge < -0.3 is 10.1 Å². The zero-order valence-corrected chi connectivity index (χ0v) is 15.9. The third-order valence-electron chi connectivity index (χ3n) is 3.74. The van der Waals surface area contributed by atoms with E-state index in [4.69, 9.17) is 4.74 Å². The Morgan fingerprint density at radius 1 is 1.15 bits per heavy atom. The summed E-state index contributed by atoms with van der Waals surface area (Å²) in [5.41, 5.74) is 2.01. The molecule has 1 aromatic heterocycles. The Morgan fingerprint density at radius 2 is 1.93 bits per heavy atom. The summed E-state index contributed by atoms with van der Waals surface area (Å²) in [5.74, 6) is 1.00. The van der Waals surface area contributed by atoms with Crippen molar-refractivity contribution in [3.8, 4) is 11.4 Å². The van der Waals surface area contributed by atoms with E-state index in [1.165, 1.54) is 17.3 Å². The number of ether oxygens (including phenoxy) is 1. The summed E-state index contributed by atoms with van der Waals surface area (Å²) in [5, 5.41) is 15.2. The zero-order valence-electron chi connectivity index (χ0n) is 15.0. The molecule has 3 rings (SSSR count). The van der Waals surface area contributed by atoms with E-state index in [2.05, 4.69) is 20.8 Å². The lowest BCUT2D eigenvalue weighted by Gasteiger charge is -2.07. The van der Waals surface area contributed by atoms with Crippen LogP contribution >= 0.6 is 11.8 Å². The Labute approximate surface area is 162 Å². The molecule has 0 aliphatic rings. The van der Waals surface area contributed by atoms with Crippen molar-refractivity contribution in [2.45, 2.75) is 18.5 Å². The van der Waals surface area contributed by atoms with Crippen LogP contribution in [0.5, 0.6) is 5.75 Å². The summed E-state index contributed by atoms with van der Waals surface area (Å²) in [6.07, 6.45) is 0.807. The molecule has 0 radical (unpaired) electrons. The molecule has 0 aliphatic carbocycles. The first-order chi connectivity index (χ1) is 13.3. The second-order valence-corrected chi connectivity index (χ2v) is 6.62. The lowest BCUT2D eigenvalue weighted by Crippen LogP contribution is -2.27. The molecule has 0 unspecified atom stereocenters.